The van der Waals surface area contributed by atoms with Crippen LogP contribution in [0.4, 0.5) is 0 Å². The molecule has 0 unspecified atom stereocenters. The van der Waals surface area contributed by atoms with E-state index in [0.29, 0.717) is 6.54 Å². The highest BCUT2D eigenvalue weighted by atomic mass is 32.1. The molecular weight excluding hydrogens is 312 g/mol. The molecule has 1 N–H and O–H groups in total. The third-order valence-electron chi connectivity index (χ3n) is 3.42. The number of rotatable bonds is 4. The van der Waals surface area contributed by atoms with E-state index in [0.717, 1.165) is 26.7 Å². The Hall–Kier alpha value is -1.98. The first-order valence-corrected chi connectivity index (χ1v) is 8.69. The Balaban J connectivity index is 1.72. The number of thiophene rings is 1. The van der Waals surface area contributed by atoms with Gasteiger partial charge in [-0.1, -0.05) is 24.3 Å². The summed E-state index contributed by atoms with van der Waals surface area (Å²) in [6.07, 6.45) is 0. The number of hydrogen-bond donors (Lipinski definition) is 1. The zero-order valence-corrected chi connectivity index (χ0v) is 14.1. The number of hydrogen-bond acceptors (Lipinski definition) is 4. The molecule has 0 aliphatic rings. The average Bonchev–Trinajstić information content (AvgIpc) is 3.15. The molecule has 0 saturated heterocycles. The topological polar surface area (TPSA) is 42.0 Å². The van der Waals surface area contributed by atoms with Crippen LogP contribution >= 0.6 is 22.7 Å². The lowest BCUT2D eigenvalue weighted by atomic mass is 10.1. The lowest BCUT2D eigenvalue weighted by molar-refractivity contribution is 0.0950. The molecule has 112 valence electrons. The molecule has 0 aliphatic carbocycles. The lowest BCUT2D eigenvalue weighted by Crippen LogP contribution is -2.23. The summed E-state index contributed by atoms with van der Waals surface area (Å²) in [6, 6.07) is 11.7. The summed E-state index contributed by atoms with van der Waals surface area (Å²) in [5.41, 5.74) is 2.70. The molecule has 0 atom stereocenters. The van der Waals surface area contributed by atoms with Crippen molar-refractivity contribution < 1.29 is 4.79 Å². The molecule has 1 aromatic carbocycles. The summed E-state index contributed by atoms with van der Waals surface area (Å²) >= 11 is 3.33. The molecule has 0 saturated carbocycles. The smallest absolute Gasteiger partial charge is 0.251 e. The fraction of sp³-hybridized carbons (Fsp3) is 0.176. The summed E-state index contributed by atoms with van der Waals surface area (Å²) in [5, 5.41) is 6.06. The first kappa shape index (κ1) is 14.9. The second-order valence-corrected chi connectivity index (χ2v) is 7.03. The van der Waals surface area contributed by atoms with Crippen LogP contribution in [-0.2, 0) is 6.54 Å². The SMILES string of the molecule is Cc1ccccc1C(=O)NCc1sc(-c2cccs2)nc1C. The van der Waals surface area contributed by atoms with Crippen molar-refractivity contribution in [2.24, 2.45) is 0 Å². The van der Waals surface area contributed by atoms with Gasteiger partial charge in [-0.25, -0.2) is 4.98 Å². The van der Waals surface area contributed by atoms with Gasteiger partial charge in [0.05, 0.1) is 17.1 Å². The van der Waals surface area contributed by atoms with E-state index in [1.165, 1.54) is 4.88 Å². The predicted octanol–water partition coefficient (Wildman–Crippen LogP) is 4.42. The van der Waals surface area contributed by atoms with Crippen LogP contribution in [0.1, 0.15) is 26.5 Å². The van der Waals surface area contributed by atoms with Gasteiger partial charge in [0.1, 0.15) is 5.01 Å². The molecule has 1 amide bonds. The molecule has 0 aliphatic heterocycles. The number of aryl methyl sites for hydroxylation is 2. The number of nitrogens with one attached hydrogen (secondary N) is 1. The standard InChI is InChI=1S/C17H16N2OS2/c1-11-6-3-4-7-13(11)16(20)18-10-15-12(2)19-17(22-15)14-8-5-9-21-14/h3-9H,10H2,1-2H3,(H,18,20). The quantitative estimate of drug-likeness (QED) is 0.770. The second-order valence-electron chi connectivity index (χ2n) is 5.00. The van der Waals surface area contributed by atoms with E-state index in [2.05, 4.69) is 16.4 Å². The van der Waals surface area contributed by atoms with Crippen molar-refractivity contribution in [2.75, 3.05) is 0 Å². The largest absolute Gasteiger partial charge is 0.347 e. The van der Waals surface area contributed by atoms with Gasteiger partial charge in [-0.15, -0.1) is 22.7 Å². The fourth-order valence-electron chi connectivity index (χ4n) is 2.18. The maximum atomic E-state index is 12.3. The van der Waals surface area contributed by atoms with Crippen molar-refractivity contribution in [1.29, 1.82) is 0 Å². The summed E-state index contributed by atoms with van der Waals surface area (Å²) in [4.78, 5) is 19.1. The second kappa shape index (κ2) is 6.42. The Labute approximate surface area is 137 Å². The summed E-state index contributed by atoms with van der Waals surface area (Å²) in [7, 11) is 0. The van der Waals surface area contributed by atoms with Crippen LogP contribution in [0.3, 0.4) is 0 Å². The van der Waals surface area contributed by atoms with Gasteiger partial charge >= 0.3 is 0 Å². The van der Waals surface area contributed by atoms with Gasteiger partial charge in [-0.3, -0.25) is 4.79 Å². The van der Waals surface area contributed by atoms with Crippen LogP contribution in [0.15, 0.2) is 41.8 Å². The minimum atomic E-state index is -0.0384. The molecular formula is C17H16N2OS2. The Morgan fingerprint density at radius 2 is 2.00 bits per heavy atom. The Morgan fingerprint density at radius 1 is 1.18 bits per heavy atom. The minimum absolute atomic E-state index is 0.0384. The highest BCUT2D eigenvalue weighted by molar-refractivity contribution is 7.21. The summed E-state index contributed by atoms with van der Waals surface area (Å²) in [6.45, 7) is 4.45. The number of thiazole rings is 1. The number of carbonyl (C=O) groups is 1. The third-order valence-corrected chi connectivity index (χ3v) is 5.62. The first-order valence-electron chi connectivity index (χ1n) is 6.99. The van der Waals surface area contributed by atoms with Gasteiger partial charge in [0, 0.05) is 10.4 Å². The van der Waals surface area contributed by atoms with Crippen LogP contribution in [0, 0.1) is 13.8 Å². The van der Waals surface area contributed by atoms with Crippen LogP contribution in [0.2, 0.25) is 0 Å². The molecule has 0 fully saturated rings. The normalized spacial score (nSPS) is 10.6. The molecule has 3 rings (SSSR count). The Kier molecular flexibility index (Phi) is 4.36. The highest BCUT2D eigenvalue weighted by Crippen LogP contribution is 2.30. The van der Waals surface area contributed by atoms with Crippen molar-refractivity contribution in [1.82, 2.24) is 10.3 Å². The van der Waals surface area contributed by atoms with Crippen LogP contribution in [0.25, 0.3) is 9.88 Å². The van der Waals surface area contributed by atoms with Gasteiger partial charge in [0.2, 0.25) is 0 Å². The number of amides is 1. The number of aromatic nitrogens is 1. The lowest BCUT2D eigenvalue weighted by Gasteiger charge is -2.06. The molecule has 3 nitrogen and oxygen atoms in total. The average molecular weight is 328 g/mol. The van der Waals surface area contributed by atoms with E-state index >= 15 is 0 Å². The fourth-order valence-corrected chi connectivity index (χ4v) is 3.98. The van der Waals surface area contributed by atoms with E-state index < -0.39 is 0 Å². The van der Waals surface area contributed by atoms with E-state index in [-0.39, 0.29) is 5.91 Å². The molecule has 5 heteroatoms. The monoisotopic (exact) mass is 328 g/mol. The van der Waals surface area contributed by atoms with Crippen LogP contribution < -0.4 is 5.32 Å². The van der Waals surface area contributed by atoms with Crippen molar-refractivity contribution >= 4 is 28.6 Å². The van der Waals surface area contributed by atoms with Gasteiger partial charge in [-0.05, 0) is 36.9 Å². The zero-order chi connectivity index (χ0) is 15.5. The van der Waals surface area contributed by atoms with Crippen molar-refractivity contribution in [2.45, 2.75) is 20.4 Å². The molecule has 0 bridgehead atoms. The van der Waals surface area contributed by atoms with Crippen LogP contribution in [0.5, 0.6) is 0 Å². The number of nitrogens with zero attached hydrogens (tertiary/aromatic N) is 1. The number of carbonyl (C=O) groups excluding carboxylic acids is 1. The van der Waals surface area contributed by atoms with E-state index in [9.17, 15) is 4.79 Å². The van der Waals surface area contributed by atoms with Crippen LogP contribution in [-0.4, -0.2) is 10.9 Å². The van der Waals surface area contributed by atoms with E-state index in [1.807, 2.05) is 49.6 Å². The molecule has 2 aromatic heterocycles. The van der Waals surface area contributed by atoms with Crippen molar-refractivity contribution in [3.05, 3.63) is 63.5 Å². The van der Waals surface area contributed by atoms with Gasteiger partial charge < -0.3 is 5.32 Å². The molecule has 3 aromatic rings. The van der Waals surface area contributed by atoms with E-state index in [1.54, 1.807) is 22.7 Å². The maximum absolute atomic E-state index is 12.3. The Bertz CT molecular complexity index is 791. The summed E-state index contributed by atoms with van der Waals surface area (Å²) in [5.74, 6) is -0.0384. The Morgan fingerprint density at radius 3 is 2.73 bits per heavy atom. The molecule has 0 spiro atoms. The van der Waals surface area contributed by atoms with Crippen molar-refractivity contribution in [3.8, 4) is 9.88 Å². The first-order chi connectivity index (χ1) is 10.6. The van der Waals surface area contributed by atoms with Crippen molar-refractivity contribution in [3.63, 3.8) is 0 Å². The number of benzene rings is 1. The molecule has 2 heterocycles. The van der Waals surface area contributed by atoms with Gasteiger partial charge in [0.25, 0.3) is 5.91 Å². The molecule has 0 radical (unpaired) electrons. The zero-order valence-electron chi connectivity index (χ0n) is 12.4. The summed E-state index contributed by atoms with van der Waals surface area (Å²) < 4.78 is 0. The maximum Gasteiger partial charge on any atom is 0.251 e. The predicted molar refractivity (Wildman–Crippen MR) is 92.5 cm³/mol. The minimum Gasteiger partial charge on any atom is -0.347 e. The van der Waals surface area contributed by atoms with Gasteiger partial charge in [-0.2, -0.15) is 0 Å². The molecule has 22 heavy (non-hydrogen) atoms. The van der Waals surface area contributed by atoms with E-state index in [4.69, 9.17) is 0 Å². The highest BCUT2D eigenvalue weighted by Gasteiger charge is 2.12. The van der Waals surface area contributed by atoms with Gasteiger partial charge in [0.15, 0.2) is 0 Å². The third kappa shape index (κ3) is 3.10.